The Morgan fingerprint density at radius 2 is 1.60 bits per heavy atom. The van der Waals surface area contributed by atoms with Crippen molar-refractivity contribution < 1.29 is 4.79 Å². The summed E-state index contributed by atoms with van der Waals surface area (Å²) in [5, 5.41) is 5.44. The smallest absolute Gasteiger partial charge is 0.318 e. The van der Waals surface area contributed by atoms with Gasteiger partial charge < -0.3 is 11.1 Å². The zero-order chi connectivity index (χ0) is 14.4. The van der Waals surface area contributed by atoms with Gasteiger partial charge in [0.1, 0.15) is 0 Å². The fourth-order valence-electron chi connectivity index (χ4n) is 1.78. The molecule has 0 radical (unpaired) electrons. The molecule has 102 valence electrons. The summed E-state index contributed by atoms with van der Waals surface area (Å²) in [5.74, 6) is 0. The Morgan fingerprint density at radius 1 is 1.00 bits per heavy atom. The van der Waals surface area contributed by atoms with E-state index in [0.717, 1.165) is 11.1 Å². The van der Waals surface area contributed by atoms with E-state index in [2.05, 4.69) is 34.9 Å². The molecule has 0 fully saturated rings. The fraction of sp³-hybridized carbons (Fsp3) is 0.0667. The molecular weight excluding hydrogens is 270 g/mol. The second-order valence-electron chi connectivity index (χ2n) is 4.23. The zero-order valence-electron chi connectivity index (χ0n) is 10.8. The maximum absolute atomic E-state index is 10.6. The third-order valence-electron chi connectivity index (χ3n) is 2.75. The number of rotatable bonds is 3. The van der Waals surface area contributed by atoms with Gasteiger partial charge in [0.25, 0.3) is 0 Å². The standard InChI is InChI=1S/C15H15N3OS/c16-14(19)18-15(20)17-10-11-6-8-13(9-7-11)12-4-2-1-3-5-12/h1-9H,10H2,(H4,16,17,18,19,20). The monoisotopic (exact) mass is 285 g/mol. The average molecular weight is 285 g/mol. The molecule has 0 saturated heterocycles. The van der Waals surface area contributed by atoms with Crippen LogP contribution in [0.15, 0.2) is 54.6 Å². The molecule has 5 heteroatoms. The number of hydrogen-bond donors (Lipinski definition) is 3. The molecule has 0 aromatic heterocycles. The predicted molar refractivity (Wildman–Crippen MR) is 84.0 cm³/mol. The van der Waals surface area contributed by atoms with E-state index < -0.39 is 6.03 Å². The second-order valence-corrected chi connectivity index (χ2v) is 4.64. The first kappa shape index (κ1) is 14.0. The van der Waals surface area contributed by atoms with E-state index in [1.165, 1.54) is 5.56 Å². The number of carbonyl (C=O) groups excluding carboxylic acids is 1. The van der Waals surface area contributed by atoms with Gasteiger partial charge in [-0.25, -0.2) is 4.79 Å². The van der Waals surface area contributed by atoms with Crippen LogP contribution in [0.2, 0.25) is 0 Å². The molecule has 2 aromatic carbocycles. The van der Waals surface area contributed by atoms with E-state index in [4.69, 9.17) is 18.0 Å². The lowest BCUT2D eigenvalue weighted by Crippen LogP contribution is -2.41. The van der Waals surface area contributed by atoms with Crippen LogP contribution in [0.3, 0.4) is 0 Å². The Kier molecular flexibility index (Phi) is 4.68. The van der Waals surface area contributed by atoms with Crippen molar-refractivity contribution in [2.75, 3.05) is 0 Å². The lowest BCUT2D eigenvalue weighted by Gasteiger charge is -2.08. The van der Waals surface area contributed by atoms with Gasteiger partial charge in [-0.05, 0) is 28.9 Å². The van der Waals surface area contributed by atoms with Crippen LogP contribution in [0.25, 0.3) is 11.1 Å². The molecule has 0 aliphatic rings. The number of amides is 2. The average Bonchev–Trinajstić information content (AvgIpc) is 2.46. The summed E-state index contributed by atoms with van der Waals surface area (Å²) in [6.45, 7) is 0.536. The number of carbonyl (C=O) groups is 1. The molecule has 0 heterocycles. The summed E-state index contributed by atoms with van der Waals surface area (Å²) in [7, 11) is 0. The summed E-state index contributed by atoms with van der Waals surface area (Å²) in [6.07, 6.45) is 0. The molecule has 20 heavy (non-hydrogen) atoms. The summed E-state index contributed by atoms with van der Waals surface area (Å²) < 4.78 is 0. The van der Waals surface area contributed by atoms with Crippen molar-refractivity contribution in [1.82, 2.24) is 10.6 Å². The number of thiocarbonyl (C=S) groups is 1. The van der Waals surface area contributed by atoms with Crippen LogP contribution in [-0.2, 0) is 6.54 Å². The molecule has 2 rings (SSSR count). The van der Waals surface area contributed by atoms with E-state index in [-0.39, 0.29) is 5.11 Å². The second kappa shape index (κ2) is 6.68. The van der Waals surface area contributed by atoms with Crippen LogP contribution in [0.5, 0.6) is 0 Å². The highest BCUT2D eigenvalue weighted by atomic mass is 32.1. The van der Waals surface area contributed by atoms with Crippen LogP contribution in [-0.4, -0.2) is 11.1 Å². The van der Waals surface area contributed by atoms with Gasteiger partial charge >= 0.3 is 6.03 Å². The number of primary amides is 1. The van der Waals surface area contributed by atoms with Crippen molar-refractivity contribution in [3.05, 3.63) is 60.2 Å². The first-order valence-electron chi connectivity index (χ1n) is 6.14. The van der Waals surface area contributed by atoms with Gasteiger partial charge in [-0.2, -0.15) is 0 Å². The highest BCUT2D eigenvalue weighted by Gasteiger charge is 2.00. The minimum atomic E-state index is -0.665. The fourth-order valence-corrected chi connectivity index (χ4v) is 1.96. The molecule has 4 N–H and O–H groups in total. The molecule has 0 atom stereocenters. The molecule has 0 aliphatic heterocycles. The minimum absolute atomic E-state index is 0.227. The third kappa shape index (κ3) is 4.07. The lowest BCUT2D eigenvalue weighted by molar-refractivity contribution is 0.253. The van der Waals surface area contributed by atoms with Crippen LogP contribution >= 0.6 is 12.2 Å². The molecule has 2 aromatic rings. The van der Waals surface area contributed by atoms with Crippen LogP contribution in [0, 0.1) is 0 Å². The quantitative estimate of drug-likeness (QED) is 0.759. The SMILES string of the molecule is NC(=O)NC(=S)NCc1ccc(-c2ccccc2)cc1. The van der Waals surface area contributed by atoms with Crippen LogP contribution in [0.1, 0.15) is 5.56 Å². The van der Waals surface area contributed by atoms with Gasteiger partial charge in [0.2, 0.25) is 0 Å². The van der Waals surface area contributed by atoms with Gasteiger partial charge in [0, 0.05) is 6.54 Å². The molecule has 0 aliphatic carbocycles. The van der Waals surface area contributed by atoms with Gasteiger partial charge in [-0.3, -0.25) is 5.32 Å². The largest absolute Gasteiger partial charge is 0.358 e. The number of benzene rings is 2. The topological polar surface area (TPSA) is 67.2 Å². The summed E-state index contributed by atoms with van der Waals surface area (Å²) in [6, 6.07) is 17.6. The minimum Gasteiger partial charge on any atom is -0.358 e. The third-order valence-corrected chi connectivity index (χ3v) is 3.00. The van der Waals surface area contributed by atoms with E-state index in [9.17, 15) is 4.79 Å². The van der Waals surface area contributed by atoms with Crippen molar-refractivity contribution in [2.24, 2.45) is 5.73 Å². The van der Waals surface area contributed by atoms with E-state index in [0.29, 0.717) is 6.54 Å². The number of urea groups is 1. The van der Waals surface area contributed by atoms with Gasteiger partial charge in [0.05, 0.1) is 0 Å². The normalized spacial score (nSPS) is 9.80. The Labute approximate surface area is 123 Å². The van der Waals surface area contributed by atoms with Crippen molar-refractivity contribution in [1.29, 1.82) is 0 Å². The lowest BCUT2D eigenvalue weighted by atomic mass is 10.0. The zero-order valence-corrected chi connectivity index (χ0v) is 11.6. The van der Waals surface area contributed by atoms with Crippen LogP contribution < -0.4 is 16.4 Å². The first-order valence-corrected chi connectivity index (χ1v) is 6.54. The molecule has 0 unspecified atom stereocenters. The molecule has 0 saturated carbocycles. The Morgan fingerprint density at radius 3 is 2.20 bits per heavy atom. The summed E-state index contributed by atoms with van der Waals surface area (Å²) >= 11 is 4.91. The van der Waals surface area contributed by atoms with E-state index in [1.54, 1.807) is 0 Å². The van der Waals surface area contributed by atoms with Gasteiger partial charge in [0.15, 0.2) is 5.11 Å². The predicted octanol–water partition coefficient (Wildman–Crippen LogP) is 2.40. The molecule has 0 bridgehead atoms. The Balaban J connectivity index is 1.95. The van der Waals surface area contributed by atoms with Crippen molar-refractivity contribution in [3.63, 3.8) is 0 Å². The van der Waals surface area contributed by atoms with E-state index >= 15 is 0 Å². The highest BCUT2D eigenvalue weighted by Crippen LogP contribution is 2.19. The molecule has 0 spiro atoms. The number of nitrogens with two attached hydrogens (primary N) is 1. The van der Waals surface area contributed by atoms with E-state index in [1.807, 2.05) is 30.3 Å². The van der Waals surface area contributed by atoms with Crippen LogP contribution in [0.4, 0.5) is 4.79 Å². The molecule has 2 amide bonds. The maximum Gasteiger partial charge on any atom is 0.318 e. The maximum atomic E-state index is 10.6. The number of nitrogens with one attached hydrogen (secondary N) is 2. The molecular formula is C15H15N3OS. The van der Waals surface area contributed by atoms with Crippen molar-refractivity contribution >= 4 is 23.4 Å². The number of hydrogen-bond acceptors (Lipinski definition) is 2. The van der Waals surface area contributed by atoms with Gasteiger partial charge in [-0.15, -0.1) is 0 Å². The molecule has 4 nitrogen and oxygen atoms in total. The Hall–Kier alpha value is -2.40. The summed E-state index contributed by atoms with van der Waals surface area (Å²) in [4.78, 5) is 10.6. The Bertz CT molecular complexity index is 596. The van der Waals surface area contributed by atoms with Crippen molar-refractivity contribution in [3.8, 4) is 11.1 Å². The summed E-state index contributed by atoms with van der Waals surface area (Å²) in [5.41, 5.74) is 8.37. The van der Waals surface area contributed by atoms with Crippen molar-refractivity contribution in [2.45, 2.75) is 6.54 Å². The van der Waals surface area contributed by atoms with Gasteiger partial charge in [-0.1, -0.05) is 54.6 Å². The highest BCUT2D eigenvalue weighted by molar-refractivity contribution is 7.80. The first-order chi connectivity index (χ1) is 9.65.